The van der Waals surface area contributed by atoms with Crippen LogP contribution in [0.2, 0.25) is 0 Å². The Bertz CT molecular complexity index is 1190. The topological polar surface area (TPSA) is 111 Å². The van der Waals surface area contributed by atoms with E-state index in [1.807, 2.05) is 6.07 Å². The summed E-state index contributed by atoms with van der Waals surface area (Å²) in [6.45, 7) is -0.00974. The van der Waals surface area contributed by atoms with E-state index < -0.39 is 41.7 Å². The van der Waals surface area contributed by atoms with Crippen LogP contribution in [-0.2, 0) is 40.0 Å². The second-order valence-corrected chi connectivity index (χ2v) is 8.31. The van der Waals surface area contributed by atoms with Crippen LogP contribution in [0.15, 0.2) is 84.9 Å². The number of rotatable bonds is 10. The van der Waals surface area contributed by atoms with Crippen molar-refractivity contribution in [2.24, 2.45) is 5.73 Å². The van der Waals surface area contributed by atoms with Crippen molar-refractivity contribution in [3.05, 3.63) is 107 Å². The molecule has 0 aliphatic heterocycles. The molecular formula is C27H26F3N3O4. The first kappa shape index (κ1) is 27.3. The van der Waals surface area contributed by atoms with E-state index in [0.717, 1.165) is 23.3 Å². The Morgan fingerprint density at radius 2 is 1.24 bits per heavy atom. The third-order valence-corrected chi connectivity index (χ3v) is 5.48. The molecule has 0 saturated heterocycles. The van der Waals surface area contributed by atoms with Gasteiger partial charge >= 0.3 is 12.3 Å². The second kappa shape index (κ2) is 12.6. The molecule has 3 rings (SSSR count). The zero-order valence-electron chi connectivity index (χ0n) is 19.7. The maximum absolute atomic E-state index is 13.1. The number of hydrogen-bond donors (Lipinski definition) is 3. The van der Waals surface area contributed by atoms with E-state index in [0.29, 0.717) is 5.56 Å². The second-order valence-electron chi connectivity index (χ2n) is 8.31. The lowest BCUT2D eigenvalue weighted by Gasteiger charge is -2.22. The zero-order valence-corrected chi connectivity index (χ0v) is 19.7. The molecule has 2 atom stereocenters. The molecule has 4 N–H and O–H groups in total. The number of halogens is 3. The average molecular weight is 514 g/mol. The number of alkyl halides is 3. The van der Waals surface area contributed by atoms with Gasteiger partial charge in [0, 0.05) is 12.8 Å². The summed E-state index contributed by atoms with van der Waals surface area (Å²) < 4.78 is 43.7. The Balaban J connectivity index is 1.69. The SMILES string of the molecule is NC(=O)[C@H](Cc1ccc(C(F)(F)F)cc1)NC(=O)[C@@H](Cc1ccccc1)NC(=O)OCc1ccccc1. The van der Waals surface area contributed by atoms with E-state index in [4.69, 9.17) is 10.5 Å². The first-order valence-electron chi connectivity index (χ1n) is 11.4. The highest BCUT2D eigenvalue weighted by molar-refractivity contribution is 5.91. The van der Waals surface area contributed by atoms with E-state index >= 15 is 0 Å². The van der Waals surface area contributed by atoms with E-state index in [1.54, 1.807) is 54.6 Å². The minimum absolute atomic E-state index is 0.00974. The summed E-state index contributed by atoms with van der Waals surface area (Å²) in [5, 5.41) is 5.02. The number of nitrogens with two attached hydrogens (primary N) is 1. The van der Waals surface area contributed by atoms with Gasteiger partial charge in [-0.1, -0.05) is 72.8 Å². The van der Waals surface area contributed by atoms with Gasteiger partial charge in [0.25, 0.3) is 0 Å². The monoisotopic (exact) mass is 513 g/mol. The van der Waals surface area contributed by atoms with Crippen molar-refractivity contribution in [3.63, 3.8) is 0 Å². The van der Waals surface area contributed by atoms with Crippen LogP contribution < -0.4 is 16.4 Å². The average Bonchev–Trinajstić information content (AvgIpc) is 2.87. The van der Waals surface area contributed by atoms with Gasteiger partial charge in [0.15, 0.2) is 0 Å². The molecule has 0 aliphatic carbocycles. The lowest BCUT2D eigenvalue weighted by atomic mass is 10.0. The van der Waals surface area contributed by atoms with E-state index in [1.165, 1.54) is 12.1 Å². The number of benzene rings is 3. The normalized spacial score (nSPS) is 12.7. The fraction of sp³-hybridized carbons (Fsp3) is 0.222. The largest absolute Gasteiger partial charge is 0.445 e. The zero-order chi connectivity index (χ0) is 26.8. The first-order valence-corrected chi connectivity index (χ1v) is 11.4. The molecule has 0 bridgehead atoms. The van der Waals surface area contributed by atoms with Gasteiger partial charge in [-0.15, -0.1) is 0 Å². The molecule has 0 aromatic heterocycles. The van der Waals surface area contributed by atoms with Crippen LogP contribution in [0.5, 0.6) is 0 Å². The fourth-order valence-corrected chi connectivity index (χ4v) is 3.53. The number of amides is 3. The van der Waals surface area contributed by atoms with Gasteiger partial charge in [0.2, 0.25) is 11.8 Å². The smallest absolute Gasteiger partial charge is 0.416 e. The van der Waals surface area contributed by atoms with Crippen molar-refractivity contribution in [1.29, 1.82) is 0 Å². The minimum Gasteiger partial charge on any atom is -0.445 e. The van der Waals surface area contributed by atoms with Crippen LogP contribution in [0.3, 0.4) is 0 Å². The Morgan fingerprint density at radius 3 is 1.78 bits per heavy atom. The van der Waals surface area contributed by atoms with Crippen molar-refractivity contribution < 1.29 is 32.3 Å². The summed E-state index contributed by atoms with van der Waals surface area (Å²) >= 11 is 0. The Labute approximate surface area is 211 Å². The molecule has 0 radical (unpaired) electrons. The predicted molar refractivity (Wildman–Crippen MR) is 130 cm³/mol. The highest BCUT2D eigenvalue weighted by atomic mass is 19.4. The summed E-state index contributed by atoms with van der Waals surface area (Å²) in [7, 11) is 0. The molecule has 0 unspecified atom stereocenters. The van der Waals surface area contributed by atoms with E-state index in [2.05, 4.69) is 10.6 Å². The minimum atomic E-state index is -4.50. The van der Waals surface area contributed by atoms with Gasteiger partial charge in [-0.25, -0.2) is 4.79 Å². The number of alkyl carbamates (subject to hydrolysis) is 1. The molecule has 7 nitrogen and oxygen atoms in total. The van der Waals surface area contributed by atoms with Crippen LogP contribution in [0, 0.1) is 0 Å². The highest BCUT2D eigenvalue weighted by Gasteiger charge is 2.30. The van der Waals surface area contributed by atoms with Gasteiger partial charge in [0.1, 0.15) is 18.7 Å². The molecule has 0 heterocycles. The van der Waals surface area contributed by atoms with Crippen molar-refractivity contribution in [2.45, 2.75) is 37.7 Å². The molecular weight excluding hydrogens is 487 g/mol. The molecule has 0 aliphatic rings. The van der Waals surface area contributed by atoms with Gasteiger partial charge in [0.05, 0.1) is 5.56 Å². The number of ether oxygens (including phenoxy) is 1. The summed E-state index contributed by atoms with van der Waals surface area (Å²) in [4.78, 5) is 37.6. The van der Waals surface area contributed by atoms with Gasteiger partial charge in [-0.2, -0.15) is 13.2 Å². The van der Waals surface area contributed by atoms with Crippen LogP contribution in [-0.4, -0.2) is 30.0 Å². The number of hydrogen-bond acceptors (Lipinski definition) is 4. The Kier molecular flexibility index (Phi) is 9.26. The molecule has 10 heteroatoms. The summed E-state index contributed by atoms with van der Waals surface area (Å²) in [6.07, 6.45) is -5.37. The van der Waals surface area contributed by atoms with Gasteiger partial charge < -0.3 is 21.1 Å². The standard InChI is InChI=1S/C27H26F3N3O4/c28-27(29,30)21-13-11-19(12-14-21)15-22(24(31)34)32-25(35)23(16-18-7-3-1-4-8-18)33-26(36)37-17-20-9-5-2-6-10-20/h1-14,22-23H,15-17H2,(H2,31,34)(H,32,35)(H,33,36)/t22-,23+/m0/s1. The molecule has 3 aromatic carbocycles. The number of primary amides is 1. The quantitative estimate of drug-likeness (QED) is 0.384. The Hall–Kier alpha value is -4.34. The maximum Gasteiger partial charge on any atom is 0.416 e. The molecule has 3 aromatic rings. The predicted octanol–water partition coefficient (Wildman–Crippen LogP) is 3.76. The number of carbonyl (C=O) groups excluding carboxylic acids is 3. The van der Waals surface area contributed by atoms with Crippen LogP contribution >= 0.6 is 0 Å². The lowest BCUT2D eigenvalue weighted by molar-refractivity contribution is -0.137. The summed E-state index contributed by atoms with van der Waals surface area (Å²) in [6, 6.07) is 19.7. The van der Waals surface area contributed by atoms with Gasteiger partial charge in [-0.05, 0) is 28.8 Å². The van der Waals surface area contributed by atoms with Crippen LogP contribution in [0.1, 0.15) is 22.3 Å². The number of carbonyl (C=O) groups is 3. The van der Waals surface area contributed by atoms with Gasteiger partial charge in [-0.3, -0.25) is 9.59 Å². The van der Waals surface area contributed by atoms with Crippen molar-refractivity contribution in [2.75, 3.05) is 0 Å². The Morgan fingerprint density at radius 1 is 0.730 bits per heavy atom. The summed E-state index contributed by atoms with van der Waals surface area (Å²) in [5.41, 5.74) is 6.48. The first-order chi connectivity index (χ1) is 17.6. The van der Waals surface area contributed by atoms with Crippen molar-refractivity contribution in [3.8, 4) is 0 Å². The van der Waals surface area contributed by atoms with E-state index in [-0.39, 0.29) is 19.4 Å². The van der Waals surface area contributed by atoms with E-state index in [9.17, 15) is 27.6 Å². The van der Waals surface area contributed by atoms with Crippen LogP contribution in [0.4, 0.5) is 18.0 Å². The summed E-state index contributed by atoms with van der Waals surface area (Å²) in [5.74, 6) is -1.57. The molecule has 0 saturated carbocycles. The molecule has 0 spiro atoms. The molecule has 37 heavy (non-hydrogen) atoms. The van der Waals surface area contributed by atoms with Crippen molar-refractivity contribution >= 4 is 17.9 Å². The fourth-order valence-electron chi connectivity index (χ4n) is 3.53. The molecule has 194 valence electrons. The third-order valence-electron chi connectivity index (χ3n) is 5.48. The maximum atomic E-state index is 13.1. The third kappa shape index (κ3) is 8.68. The van der Waals surface area contributed by atoms with Crippen LogP contribution in [0.25, 0.3) is 0 Å². The van der Waals surface area contributed by atoms with Crippen molar-refractivity contribution in [1.82, 2.24) is 10.6 Å². The number of nitrogens with one attached hydrogen (secondary N) is 2. The molecule has 0 fully saturated rings. The molecule has 3 amide bonds. The lowest BCUT2D eigenvalue weighted by Crippen LogP contribution is -2.54. The highest BCUT2D eigenvalue weighted by Crippen LogP contribution is 2.29.